The van der Waals surface area contributed by atoms with E-state index in [4.69, 9.17) is 21.0 Å². The van der Waals surface area contributed by atoms with Crippen molar-refractivity contribution < 1.29 is 9.53 Å². The highest BCUT2D eigenvalue weighted by molar-refractivity contribution is 9.10. The van der Waals surface area contributed by atoms with Crippen LogP contribution in [0.5, 0.6) is 0 Å². The van der Waals surface area contributed by atoms with Gasteiger partial charge in [0.05, 0.1) is 13.2 Å². The van der Waals surface area contributed by atoms with E-state index in [2.05, 4.69) is 65.7 Å². The minimum atomic E-state index is -1.71. The van der Waals surface area contributed by atoms with E-state index in [9.17, 15) is 0 Å². The fraction of sp³-hybridized carbons (Fsp3) is 0.400. The largest absolute Gasteiger partial charge is 0.412 e. The summed E-state index contributed by atoms with van der Waals surface area (Å²) < 4.78 is 8.05. The highest BCUT2D eigenvalue weighted by Crippen LogP contribution is 2.37. The molecular weight excluding hydrogens is 488 g/mol. The number of aliphatic hydroxyl groups is 1. The lowest BCUT2D eigenvalue weighted by Gasteiger charge is -2.36. The fourth-order valence-corrected chi connectivity index (χ4v) is 3.88. The Hall–Kier alpha value is -0.863. The van der Waals surface area contributed by atoms with Crippen molar-refractivity contribution >= 4 is 51.6 Å². The number of nitrogen functional groups attached to an aromatic ring is 2. The number of aliphatic hydroxyl groups excluding tert-OH is 1. The summed E-state index contributed by atoms with van der Waals surface area (Å²) in [6.45, 7) is 11.8. The Kier molecular flexibility index (Phi) is 9.02. The predicted octanol–water partition coefficient (Wildman–Crippen LogP) is 6.08. The van der Waals surface area contributed by atoms with Crippen LogP contribution < -0.4 is 11.5 Å². The summed E-state index contributed by atoms with van der Waals surface area (Å²) >= 11 is 6.79. The second kappa shape index (κ2) is 10.1. The number of anilines is 2. The molecule has 0 saturated carbocycles. The van der Waals surface area contributed by atoms with E-state index in [0.29, 0.717) is 12.3 Å². The van der Waals surface area contributed by atoms with Gasteiger partial charge in [-0.15, -0.1) is 0 Å². The zero-order chi connectivity index (χ0) is 20.8. The molecule has 2 aromatic carbocycles. The Labute approximate surface area is 180 Å². The summed E-state index contributed by atoms with van der Waals surface area (Å²) in [7, 11) is -1.71. The monoisotopic (exact) mass is 516 g/mol. The van der Waals surface area contributed by atoms with Crippen molar-refractivity contribution in [2.45, 2.75) is 52.1 Å². The second-order valence-electron chi connectivity index (χ2n) is 7.82. The van der Waals surface area contributed by atoms with E-state index in [1.807, 2.05) is 30.3 Å². The molecule has 7 heteroatoms. The van der Waals surface area contributed by atoms with Gasteiger partial charge in [-0.25, -0.2) is 0 Å². The summed E-state index contributed by atoms with van der Waals surface area (Å²) in [5, 5.41) is 9.01. The zero-order valence-corrected chi connectivity index (χ0v) is 20.8. The maximum Gasteiger partial charge on any atom is 0.192 e. The highest BCUT2D eigenvalue weighted by atomic mass is 79.9. The van der Waals surface area contributed by atoms with E-state index in [-0.39, 0.29) is 11.6 Å². The van der Waals surface area contributed by atoms with Gasteiger partial charge in [0.25, 0.3) is 0 Å². The number of hydrogen-bond donors (Lipinski definition) is 3. The number of rotatable bonds is 4. The van der Waals surface area contributed by atoms with Gasteiger partial charge in [0.2, 0.25) is 0 Å². The third-order valence-corrected chi connectivity index (χ3v) is 10.8. The van der Waals surface area contributed by atoms with E-state index >= 15 is 0 Å². The minimum Gasteiger partial charge on any atom is -0.412 e. The molecule has 0 fully saturated rings. The molecule has 0 spiro atoms. The van der Waals surface area contributed by atoms with Crippen molar-refractivity contribution in [2.24, 2.45) is 0 Å². The van der Waals surface area contributed by atoms with Crippen LogP contribution in [0.25, 0.3) is 0 Å². The summed E-state index contributed by atoms with van der Waals surface area (Å²) in [4.78, 5) is 0. The normalized spacial score (nSPS) is 11.7. The van der Waals surface area contributed by atoms with E-state index in [0.717, 1.165) is 25.8 Å². The van der Waals surface area contributed by atoms with E-state index in [1.54, 1.807) is 6.07 Å². The molecule has 150 valence electrons. The maximum absolute atomic E-state index is 8.79. The van der Waals surface area contributed by atoms with Crippen LogP contribution in [0.2, 0.25) is 18.1 Å². The molecule has 0 aliphatic heterocycles. The van der Waals surface area contributed by atoms with Crippen molar-refractivity contribution in [2.75, 3.05) is 11.5 Å². The molecule has 4 nitrogen and oxygen atoms in total. The molecule has 0 saturated heterocycles. The van der Waals surface area contributed by atoms with Gasteiger partial charge in [-0.2, -0.15) is 0 Å². The van der Waals surface area contributed by atoms with Crippen LogP contribution in [0.15, 0.2) is 45.3 Å². The first kappa shape index (κ1) is 24.2. The molecule has 27 heavy (non-hydrogen) atoms. The maximum atomic E-state index is 8.79. The first-order chi connectivity index (χ1) is 12.4. The third-order valence-electron chi connectivity index (χ3n) is 4.85. The van der Waals surface area contributed by atoms with Crippen LogP contribution in [0.3, 0.4) is 0 Å². The lowest BCUT2D eigenvalue weighted by Crippen LogP contribution is -2.40. The fourth-order valence-electron chi connectivity index (χ4n) is 1.94. The minimum absolute atomic E-state index is 0.0206. The Morgan fingerprint density at radius 1 is 0.926 bits per heavy atom. The summed E-state index contributed by atoms with van der Waals surface area (Å²) in [5.41, 5.74) is 14.7. The van der Waals surface area contributed by atoms with Crippen molar-refractivity contribution in [1.82, 2.24) is 0 Å². The lowest BCUT2D eigenvalue weighted by molar-refractivity contribution is 0.276. The summed E-state index contributed by atoms with van der Waals surface area (Å²) in [6, 6.07) is 11.3. The molecule has 0 aromatic heterocycles. The molecule has 2 aromatic rings. The van der Waals surface area contributed by atoms with Gasteiger partial charge in [0, 0.05) is 31.4 Å². The molecule has 0 radical (unpaired) electrons. The number of hydrogen-bond acceptors (Lipinski definition) is 4. The molecule has 0 amide bonds. The summed E-state index contributed by atoms with van der Waals surface area (Å²) in [5.74, 6) is 0. The van der Waals surface area contributed by atoms with Crippen LogP contribution >= 0.6 is 31.9 Å². The Balaban J connectivity index is 0.000000309. The highest BCUT2D eigenvalue weighted by Gasteiger charge is 2.37. The van der Waals surface area contributed by atoms with Crippen molar-refractivity contribution in [3.8, 4) is 0 Å². The molecule has 0 heterocycles. The van der Waals surface area contributed by atoms with Gasteiger partial charge in [0.1, 0.15) is 0 Å². The number of benzene rings is 2. The average Bonchev–Trinajstić information content (AvgIpc) is 2.54. The van der Waals surface area contributed by atoms with Gasteiger partial charge in [0.15, 0.2) is 8.32 Å². The van der Waals surface area contributed by atoms with Crippen LogP contribution in [0.4, 0.5) is 11.4 Å². The molecule has 0 unspecified atom stereocenters. The van der Waals surface area contributed by atoms with Crippen LogP contribution in [0, 0.1) is 0 Å². The molecule has 0 atom stereocenters. The molecule has 0 bridgehead atoms. The molecule has 5 N–H and O–H groups in total. The van der Waals surface area contributed by atoms with Crippen molar-refractivity contribution in [3.05, 3.63) is 56.5 Å². The van der Waals surface area contributed by atoms with Crippen LogP contribution in [0.1, 0.15) is 31.9 Å². The van der Waals surface area contributed by atoms with Crippen LogP contribution in [-0.2, 0) is 17.6 Å². The molecule has 2 rings (SSSR count). The van der Waals surface area contributed by atoms with Gasteiger partial charge >= 0.3 is 0 Å². The molecule has 0 aliphatic carbocycles. The van der Waals surface area contributed by atoms with Crippen LogP contribution in [-0.4, -0.2) is 13.4 Å². The van der Waals surface area contributed by atoms with Gasteiger partial charge in [-0.1, -0.05) is 64.8 Å². The summed E-state index contributed by atoms with van der Waals surface area (Å²) in [6.07, 6.45) is 0. The zero-order valence-electron chi connectivity index (χ0n) is 16.6. The second-order valence-corrected chi connectivity index (χ2v) is 14.3. The average molecular weight is 518 g/mol. The SMILES string of the molecule is CC(C)(C)[Si](C)(C)OCc1c(N)cccc1Br.Nc1cccc(Br)c1CO. The lowest BCUT2D eigenvalue weighted by atomic mass is 10.2. The van der Waals surface area contributed by atoms with E-state index < -0.39 is 8.32 Å². The van der Waals surface area contributed by atoms with Crippen molar-refractivity contribution in [1.29, 1.82) is 0 Å². The predicted molar refractivity (Wildman–Crippen MR) is 125 cm³/mol. The first-order valence-corrected chi connectivity index (χ1v) is 13.2. The quantitative estimate of drug-likeness (QED) is 0.339. The van der Waals surface area contributed by atoms with E-state index in [1.165, 1.54) is 0 Å². The smallest absolute Gasteiger partial charge is 0.192 e. The Bertz CT molecular complexity index is 722. The number of nitrogens with two attached hydrogens (primary N) is 2. The Morgan fingerprint density at radius 2 is 1.37 bits per heavy atom. The third kappa shape index (κ3) is 6.91. The Morgan fingerprint density at radius 3 is 1.70 bits per heavy atom. The standard InChI is InChI=1S/C13H22BrNOSi.C7H8BrNO/c1-13(2,3)17(4,5)16-9-10-11(14)7-6-8-12(10)15;8-6-2-1-3-7(9)5(6)4-10/h6-8H,9,15H2,1-5H3;1-3,10H,4,9H2. The number of halogens is 2. The van der Waals surface area contributed by atoms with Gasteiger partial charge in [-0.05, 0) is 42.4 Å². The molecule has 0 aliphatic rings. The van der Waals surface area contributed by atoms with Crippen molar-refractivity contribution in [3.63, 3.8) is 0 Å². The topological polar surface area (TPSA) is 81.5 Å². The van der Waals surface area contributed by atoms with Gasteiger partial charge < -0.3 is 21.0 Å². The van der Waals surface area contributed by atoms with Gasteiger partial charge in [-0.3, -0.25) is 0 Å². The first-order valence-electron chi connectivity index (χ1n) is 8.71. The molecular formula is C20H30Br2N2O2Si.